The Kier molecular flexibility index (Phi) is 4.30. The molecule has 0 heterocycles. The molecular weight excluding hydrogens is 236 g/mol. The van der Waals surface area contributed by atoms with Crippen LogP contribution < -0.4 is 10.5 Å². The first-order valence-corrected chi connectivity index (χ1v) is 7.02. The second-order valence-electron chi connectivity index (χ2n) is 4.98. The van der Waals surface area contributed by atoms with Crippen molar-refractivity contribution in [2.24, 2.45) is 5.73 Å². The van der Waals surface area contributed by atoms with Crippen LogP contribution in [0.1, 0.15) is 32.4 Å². The zero-order valence-electron chi connectivity index (χ0n) is 10.5. The number of nitrogens with one attached hydrogen (secondary N) is 1. The first kappa shape index (κ1) is 14.2. The van der Waals surface area contributed by atoms with Gasteiger partial charge in [0.2, 0.25) is 10.0 Å². The minimum atomic E-state index is -3.33. The third-order valence-electron chi connectivity index (χ3n) is 2.53. The maximum absolute atomic E-state index is 11.8. The Balaban J connectivity index is 2.64. The van der Waals surface area contributed by atoms with Gasteiger partial charge >= 0.3 is 0 Å². The molecule has 0 bridgehead atoms. The van der Waals surface area contributed by atoms with Crippen molar-refractivity contribution in [3.05, 3.63) is 35.9 Å². The van der Waals surface area contributed by atoms with Crippen LogP contribution in [0.5, 0.6) is 0 Å². The predicted molar refractivity (Wildman–Crippen MR) is 70.0 cm³/mol. The van der Waals surface area contributed by atoms with E-state index >= 15 is 0 Å². The summed E-state index contributed by atoms with van der Waals surface area (Å²) in [5, 5.41) is 0. The Morgan fingerprint density at radius 1 is 1.24 bits per heavy atom. The van der Waals surface area contributed by atoms with E-state index in [0.717, 1.165) is 5.56 Å². The minimum absolute atomic E-state index is 0.212. The van der Waals surface area contributed by atoms with Crippen LogP contribution in [-0.2, 0) is 10.0 Å². The van der Waals surface area contributed by atoms with Crippen molar-refractivity contribution < 1.29 is 8.42 Å². The van der Waals surface area contributed by atoms with Gasteiger partial charge in [0.15, 0.2) is 0 Å². The van der Waals surface area contributed by atoms with E-state index in [0.29, 0.717) is 0 Å². The van der Waals surface area contributed by atoms with Crippen molar-refractivity contribution in [2.45, 2.75) is 31.6 Å². The number of benzene rings is 1. The van der Waals surface area contributed by atoms with Crippen LogP contribution in [-0.4, -0.2) is 19.7 Å². The summed E-state index contributed by atoms with van der Waals surface area (Å²) in [6, 6.07) is 9.11. The molecule has 0 radical (unpaired) electrons. The predicted octanol–water partition coefficient (Wildman–Crippen LogP) is 1.40. The molecule has 0 fully saturated rings. The summed E-state index contributed by atoms with van der Waals surface area (Å²) in [5.74, 6) is 0. The standard InChI is InChI=1S/C12H20N2O2S/c1-12(2,3)17(15,16)14-9-11(13)10-7-5-4-6-8-10/h4-8,11,14H,9,13H2,1-3H3. The fourth-order valence-electron chi connectivity index (χ4n) is 1.23. The van der Waals surface area contributed by atoms with Crippen LogP contribution in [0.15, 0.2) is 30.3 Å². The van der Waals surface area contributed by atoms with E-state index in [9.17, 15) is 8.42 Å². The molecule has 1 rings (SSSR count). The van der Waals surface area contributed by atoms with Crippen molar-refractivity contribution >= 4 is 10.0 Å². The second-order valence-corrected chi connectivity index (χ2v) is 7.50. The lowest BCUT2D eigenvalue weighted by Crippen LogP contribution is -2.42. The molecule has 0 saturated heterocycles. The first-order valence-electron chi connectivity index (χ1n) is 5.54. The number of sulfonamides is 1. The summed E-state index contributed by atoms with van der Waals surface area (Å²) >= 11 is 0. The number of rotatable bonds is 4. The molecular formula is C12H20N2O2S. The molecule has 3 N–H and O–H groups in total. The maximum atomic E-state index is 11.8. The highest BCUT2D eigenvalue weighted by molar-refractivity contribution is 7.90. The Hall–Kier alpha value is -0.910. The van der Waals surface area contributed by atoms with E-state index in [1.165, 1.54) is 0 Å². The van der Waals surface area contributed by atoms with Gasteiger partial charge in [0.05, 0.1) is 4.75 Å². The molecule has 0 spiro atoms. The molecule has 1 atom stereocenters. The van der Waals surface area contributed by atoms with Crippen LogP contribution in [0, 0.1) is 0 Å². The van der Waals surface area contributed by atoms with Gasteiger partial charge in [0.1, 0.15) is 0 Å². The monoisotopic (exact) mass is 256 g/mol. The van der Waals surface area contributed by atoms with E-state index in [2.05, 4.69) is 4.72 Å². The van der Waals surface area contributed by atoms with Gasteiger partial charge in [0.25, 0.3) is 0 Å². The van der Waals surface area contributed by atoms with Crippen molar-refractivity contribution in [2.75, 3.05) is 6.54 Å². The quantitative estimate of drug-likeness (QED) is 0.855. The van der Waals surface area contributed by atoms with Crippen molar-refractivity contribution in [1.29, 1.82) is 0 Å². The number of hydrogen-bond donors (Lipinski definition) is 2. The minimum Gasteiger partial charge on any atom is -0.323 e. The molecule has 96 valence electrons. The molecule has 1 unspecified atom stereocenters. The highest BCUT2D eigenvalue weighted by Crippen LogP contribution is 2.14. The molecule has 0 aliphatic rings. The topological polar surface area (TPSA) is 72.2 Å². The third kappa shape index (κ3) is 3.80. The van der Waals surface area contributed by atoms with Gasteiger partial charge in [-0.25, -0.2) is 13.1 Å². The summed E-state index contributed by atoms with van der Waals surface area (Å²) in [6.07, 6.45) is 0. The van der Waals surface area contributed by atoms with Gasteiger partial charge in [-0.1, -0.05) is 30.3 Å². The van der Waals surface area contributed by atoms with E-state index in [-0.39, 0.29) is 12.6 Å². The van der Waals surface area contributed by atoms with Gasteiger partial charge in [0, 0.05) is 12.6 Å². The average molecular weight is 256 g/mol. The smallest absolute Gasteiger partial charge is 0.216 e. The zero-order valence-corrected chi connectivity index (χ0v) is 11.3. The number of hydrogen-bond acceptors (Lipinski definition) is 3. The van der Waals surface area contributed by atoms with Crippen LogP contribution in [0.3, 0.4) is 0 Å². The molecule has 1 aromatic rings. The lowest BCUT2D eigenvalue weighted by atomic mass is 10.1. The Morgan fingerprint density at radius 3 is 2.24 bits per heavy atom. The second kappa shape index (κ2) is 5.16. The van der Waals surface area contributed by atoms with Gasteiger partial charge in [-0.3, -0.25) is 0 Å². The first-order chi connectivity index (χ1) is 7.74. The van der Waals surface area contributed by atoms with Crippen molar-refractivity contribution in [3.8, 4) is 0 Å². The fraction of sp³-hybridized carbons (Fsp3) is 0.500. The summed E-state index contributed by atoms with van der Waals surface area (Å²) in [7, 11) is -3.33. The molecule has 4 nitrogen and oxygen atoms in total. The van der Waals surface area contributed by atoms with E-state index in [1.54, 1.807) is 20.8 Å². The summed E-state index contributed by atoms with van der Waals surface area (Å²) in [6.45, 7) is 5.18. The average Bonchev–Trinajstić information content (AvgIpc) is 2.25. The highest BCUT2D eigenvalue weighted by atomic mass is 32.2. The third-order valence-corrected chi connectivity index (χ3v) is 4.69. The maximum Gasteiger partial charge on any atom is 0.216 e. The molecule has 0 aromatic heterocycles. The number of nitrogens with two attached hydrogens (primary N) is 1. The van der Waals surface area contributed by atoms with Crippen molar-refractivity contribution in [3.63, 3.8) is 0 Å². The molecule has 5 heteroatoms. The molecule has 0 aliphatic heterocycles. The molecule has 0 aliphatic carbocycles. The summed E-state index contributed by atoms with van der Waals surface area (Å²) in [4.78, 5) is 0. The molecule has 1 aromatic carbocycles. The van der Waals surface area contributed by atoms with E-state index in [1.807, 2.05) is 30.3 Å². The Morgan fingerprint density at radius 2 is 1.76 bits per heavy atom. The van der Waals surface area contributed by atoms with E-state index < -0.39 is 14.8 Å². The zero-order chi connectivity index (χ0) is 13.1. The Bertz CT molecular complexity index is 449. The van der Waals surface area contributed by atoms with Crippen LogP contribution in [0.2, 0.25) is 0 Å². The Labute approximate surface area is 103 Å². The van der Waals surface area contributed by atoms with Gasteiger partial charge in [-0.15, -0.1) is 0 Å². The SMILES string of the molecule is CC(C)(C)S(=O)(=O)NCC(N)c1ccccc1. The normalized spacial score (nSPS) is 14.6. The molecule has 0 amide bonds. The van der Waals surface area contributed by atoms with Gasteiger partial charge in [-0.2, -0.15) is 0 Å². The summed E-state index contributed by atoms with van der Waals surface area (Å²) < 4.78 is 25.4. The highest BCUT2D eigenvalue weighted by Gasteiger charge is 2.28. The van der Waals surface area contributed by atoms with Crippen LogP contribution in [0.25, 0.3) is 0 Å². The van der Waals surface area contributed by atoms with Crippen LogP contribution in [0.4, 0.5) is 0 Å². The lowest BCUT2D eigenvalue weighted by molar-refractivity contribution is 0.538. The molecule has 0 saturated carbocycles. The summed E-state index contributed by atoms with van der Waals surface area (Å²) in [5.41, 5.74) is 6.84. The fourth-order valence-corrected chi connectivity index (χ4v) is 2.07. The van der Waals surface area contributed by atoms with Crippen LogP contribution >= 0.6 is 0 Å². The van der Waals surface area contributed by atoms with Gasteiger partial charge in [-0.05, 0) is 26.3 Å². The van der Waals surface area contributed by atoms with Gasteiger partial charge < -0.3 is 5.73 Å². The van der Waals surface area contributed by atoms with Crippen molar-refractivity contribution in [1.82, 2.24) is 4.72 Å². The molecule has 17 heavy (non-hydrogen) atoms. The lowest BCUT2D eigenvalue weighted by Gasteiger charge is -2.21. The van der Waals surface area contributed by atoms with E-state index in [4.69, 9.17) is 5.73 Å². The largest absolute Gasteiger partial charge is 0.323 e.